The highest BCUT2D eigenvalue weighted by atomic mass is 15.2. The number of hydrogen-bond donors (Lipinski definition) is 1. The summed E-state index contributed by atoms with van der Waals surface area (Å²) >= 11 is 0. The molecule has 1 saturated heterocycles. The molecule has 1 aromatic carbocycles. The smallest absolute Gasteiger partial charge is 0.0641 e. The molecule has 3 rings (SSSR count). The third-order valence-electron chi connectivity index (χ3n) is 4.16. The minimum Gasteiger partial charge on any atom is -0.350 e. The fourth-order valence-corrected chi connectivity index (χ4v) is 3.15. The summed E-state index contributed by atoms with van der Waals surface area (Å²) in [5, 5.41) is 13.9. The number of nitrogens with zero attached hydrogens (tertiary/aromatic N) is 3. The number of rotatable bonds is 3. The van der Waals surface area contributed by atoms with Crippen molar-refractivity contribution >= 4 is 10.9 Å². The van der Waals surface area contributed by atoms with Crippen LogP contribution in [0.5, 0.6) is 0 Å². The molecule has 0 spiro atoms. The van der Waals surface area contributed by atoms with E-state index in [1.165, 1.54) is 16.5 Å². The summed E-state index contributed by atoms with van der Waals surface area (Å²) in [6.45, 7) is 4.03. The van der Waals surface area contributed by atoms with Crippen LogP contribution in [0.15, 0.2) is 30.5 Å². The zero-order valence-corrected chi connectivity index (χ0v) is 11.8. The van der Waals surface area contributed by atoms with E-state index in [2.05, 4.69) is 58.4 Å². The first-order chi connectivity index (χ1) is 9.81. The SMILES string of the molecule is Cn1cc([C@H](CC#N)N2CCNCC2)c2ccccc21. The van der Waals surface area contributed by atoms with Crippen LogP contribution in [0.2, 0.25) is 0 Å². The molecule has 4 heteroatoms. The molecule has 4 nitrogen and oxygen atoms in total. The molecule has 0 unspecified atom stereocenters. The topological polar surface area (TPSA) is 44.0 Å². The molecule has 20 heavy (non-hydrogen) atoms. The fourth-order valence-electron chi connectivity index (χ4n) is 3.15. The van der Waals surface area contributed by atoms with Crippen molar-refractivity contribution in [3.63, 3.8) is 0 Å². The molecule has 0 amide bonds. The van der Waals surface area contributed by atoms with E-state index in [1.807, 2.05) is 0 Å². The lowest BCUT2D eigenvalue weighted by Gasteiger charge is -2.33. The molecule has 0 aliphatic carbocycles. The fraction of sp³-hybridized carbons (Fsp3) is 0.438. The van der Waals surface area contributed by atoms with Crippen LogP contribution in [0.4, 0.5) is 0 Å². The van der Waals surface area contributed by atoms with E-state index >= 15 is 0 Å². The van der Waals surface area contributed by atoms with Gasteiger partial charge in [-0.15, -0.1) is 0 Å². The lowest BCUT2D eigenvalue weighted by atomic mass is 10.0. The van der Waals surface area contributed by atoms with Gasteiger partial charge in [-0.25, -0.2) is 0 Å². The van der Waals surface area contributed by atoms with E-state index in [-0.39, 0.29) is 6.04 Å². The van der Waals surface area contributed by atoms with Crippen molar-refractivity contribution in [1.29, 1.82) is 5.26 Å². The van der Waals surface area contributed by atoms with Crippen LogP contribution in [0.3, 0.4) is 0 Å². The Bertz CT molecular complexity index is 631. The Morgan fingerprint density at radius 2 is 2.05 bits per heavy atom. The first kappa shape index (κ1) is 13.2. The van der Waals surface area contributed by atoms with Crippen LogP contribution in [0.1, 0.15) is 18.0 Å². The van der Waals surface area contributed by atoms with Gasteiger partial charge in [0.25, 0.3) is 0 Å². The number of hydrogen-bond acceptors (Lipinski definition) is 3. The molecule has 0 saturated carbocycles. The van der Waals surface area contributed by atoms with Gasteiger partial charge in [0.2, 0.25) is 0 Å². The first-order valence-corrected chi connectivity index (χ1v) is 7.17. The van der Waals surface area contributed by atoms with Crippen molar-refractivity contribution in [2.24, 2.45) is 7.05 Å². The summed E-state index contributed by atoms with van der Waals surface area (Å²) in [4.78, 5) is 2.43. The highest BCUT2D eigenvalue weighted by Crippen LogP contribution is 2.31. The van der Waals surface area contributed by atoms with E-state index in [0.717, 1.165) is 26.2 Å². The summed E-state index contributed by atoms with van der Waals surface area (Å²) < 4.78 is 2.16. The van der Waals surface area contributed by atoms with Crippen molar-refractivity contribution in [1.82, 2.24) is 14.8 Å². The lowest BCUT2D eigenvalue weighted by molar-refractivity contribution is 0.176. The van der Waals surface area contributed by atoms with E-state index in [4.69, 9.17) is 0 Å². The molecular weight excluding hydrogens is 248 g/mol. The number of aromatic nitrogens is 1. The van der Waals surface area contributed by atoms with E-state index in [0.29, 0.717) is 6.42 Å². The maximum absolute atomic E-state index is 9.21. The highest BCUT2D eigenvalue weighted by molar-refractivity contribution is 5.84. The predicted octanol–water partition coefficient (Wildman–Crippen LogP) is 2.04. The Labute approximate surface area is 119 Å². The minimum atomic E-state index is 0.202. The molecule has 1 aliphatic rings. The van der Waals surface area contributed by atoms with E-state index < -0.39 is 0 Å². The zero-order valence-electron chi connectivity index (χ0n) is 11.8. The number of piperazine rings is 1. The van der Waals surface area contributed by atoms with E-state index in [9.17, 15) is 5.26 Å². The molecule has 2 heterocycles. The van der Waals surface area contributed by atoms with Crippen molar-refractivity contribution < 1.29 is 0 Å². The third kappa shape index (κ3) is 2.31. The number of para-hydroxylation sites is 1. The number of nitriles is 1. The first-order valence-electron chi connectivity index (χ1n) is 7.17. The quantitative estimate of drug-likeness (QED) is 0.926. The van der Waals surface area contributed by atoms with Gasteiger partial charge in [0, 0.05) is 56.4 Å². The molecule has 1 aromatic heterocycles. The summed E-state index contributed by atoms with van der Waals surface area (Å²) in [5.41, 5.74) is 2.52. The zero-order chi connectivity index (χ0) is 13.9. The van der Waals surface area contributed by atoms with Gasteiger partial charge in [0.15, 0.2) is 0 Å². The van der Waals surface area contributed by atoms with Gasteiger partial charge < -0.3 is 9.88 Å². The largest absolute Gasteiger partial charge is 0.350 e. The Morgan fingerprint density at radius 3 is 2.80 bits per heavy atom. The van der Waals surface area contributed by atoms with E-state index in [1.54, 1.807) is 0 Å². The summed E-state index contributed by atoms with van der Waals surface area (Å²) in [6.07, 6.45) is 2.74. The molecule has 104 valence electrons. The van der Waals surface area contributed by atoms with Crippen LogP contribution in [-0.4, -0.2) is 35.6 Å². The molecule has 1 N–H and O–H groups in total. The highest BCUT2D eigenvalue weighted by Gasteiger charge is 2.24. The van der Waals surface area contributed by atoms with Crippen LogP contribution in [-0.2, 0) is 7.05 Å². The maximum atomic E-state index is 9.21. The predicted molar refractivity (Wildman–Crippen MR) is 80.3 cm³/mol. The van der Waals surface area contributed by atoms with Gasteiger partial charge >= 0.3 is 0 Å². The van der Waals surface area contributed by atoms with Crippen molar-refractivity contribution in [3.8, 4) is 6.07 Å². The number of aryl methyl sites for hydroxylation is 1. The molecule has 1 atom stereocenters. The second kappa shape index (κ2) is 5.66. The number of benzene rings is 1. The average molecular weight is 268 g/mol. The van der Waals surface area contributed by atoms with Gasteiger partial charge in [0.1, 0.15) is 0 Å². The Balaban J connectivity index is 2.03. The third-order valence-corrected chi connectivity index (χ3v) is 4.16. The normalized spacial score (nSPS) is 18.0. The van der Waals surface area contributed by atoms with Crippen molar-refractivity contribution in [2.45, 2.75) is 12.5 Å². The lowest BCUT2D eigenvalue weighted by Crippen LogP contribution is -2.45. The average Bonchev–Trinajstić information content (AvgIpc) is 2.83. The number of nitrogens with one attached hydrogen (secondary N) is 1. The van der Waals surface area contributed by atoms with Crippen molar-refractivity contribution in [2.75, 3.05) is 26.2 Å². The maximum Gasteiger partial charge on any atom is 0.0641 e. The van der Waals surface area contributed by atoms with Crippen molar-refractivity contribution in [3.05, 3.63) is 36.0 Å². The van der Waals surface area contributed by atoms with Crippen LogP contribution in [0.25, 0.3) is 10.9 Å². The minimum absolute atomic E-state index is 0.202. The summed E-state index contributed by atoms with van der Waals surface area (Å²) in [7, 11) is 2.08. The van der Waals surface area contributed by atoms with Crippen LogP contribution in [0, 0.1) is 11.3 Å². The van der Waals surface area contributed by atoms with Gasteiger partial charge in [-0.05, 0) is 11.6 Å². The van der Waals surface area contributed by atoms with Gasteiger partial charge in [0.05, 0.1) is 12.5 Å². The molecule has 0 bridgehead atoms. The molecule has 1 aliphatic heterocycles. The number of fused-ring (bicyclic) bond motifs is 1. The molecule has 0 radical (unpaired) electrons. The van der Waals surface area contributed by atoms with Gasteiger partial charge in [-0.1, -0.05) is 18.2 Å². The van der Waals surface area contributed by atoms with Crippen LogP contribution >= 0.6 is 0 Å². The van der Waals surface area contributed by atoms with Crippen LogP contribution < -0.4 is 5.32 Å². The van der Waals surface area contributed by atoms with Gasteiger partial charge in [-0.2, -0.15) is 5.26 Å². The molecule has 1 fully saturated rings. The summed E-state index contributed by atoms with van der Waals surface area (Å²) in [6, 6.07) is 11.0. The second-order valence-electron chi connectivity index (χ2n) is 5.38. The molecular formula is C16H20N4. The monoisotopic (exact) mass is 268 g/mol. The molecule has 2 aromatic rings. The standard InChI is InChI=1S/C16H20N4/c1-19-12-14(13-4-2-3-5-15(13)19)16(6-7-17)20-10-8-18-9-11-20/h2-5,12,16,18H,6,8-11H2,1H3/t16-/m0/s1. The Hall–Kier alpha value is -1.83. The Morgan fingerprint density at radius 1 is 1.30 bits per heavy atom. The summed E-state index contributed by atoms with van der Waals surface area (Å²) in [5.74, 6) is 0. The second-order valence-corrected chi connectivity index (χ2v) is 5.38. The Kier molecular flexibility index (Phi) is 3.72. The van der Waals surface area contributed by atoms with Gasteiger partial charge in [-0.3, -0.25) is 4.90 Å².